The third-order valence-electron chi connectivity index (χ3n) is 5.36. The number of thiophene rings is 1. The molecule has 0 spiro atoms. The second-order valence-electron chi connectivity index (χ2n) is 8.12. The van der Waals surface area contributed by atoms with Gasteiger partial charge in [0.25, 0.3) is 5.56 Å². The van der Waals surface area contributed by atoms with Gasteiger partial charge < -0.3 is 20.2 Å². The molecule has 8 nitrogen and oxygen atoms in total. The molecular weight excluding hydrogens is 426 g/mol. The lowest BCUT2D eigenvalue weighted by Gasteiger charge is -2.25. The number of fused-ring (bicyclic) bond motifs is 2. The van der Waals surface area contributed by atoms with Crippen molar-refractivity contribution in [1.82, 2.24) is 25.2 Å². The molecule has 0 radical (unpaired) electrons. The van der Waals surface area contributed by atoms with Crippen LogP contribution < -0.4 is 10.9 Å². The number of carbonyl (C=O) groups is 2. The van der Waals surface area contributed by atoms with Crippen molar-refractivity contribution in [3.8, 4) is 0 Å². The molecule has 2 amide bonds. The first-order valence-corrected chi connectivity index (χ1v) is 11.3. The molecule has 0 saturated heterocycles. The lowest BCUT2D eigenvalue weighted by molar-refractivity contribution is -0.136. The van der Waals surface area contributed by atoms with Crippen LogP contribution in [0.1, 0.15) is 25.2 Å². The van der Waals surface area contributed by atoms with Gasteiger partial charge in [-0.2, -0.15) is 0 Å². The molecule has 0 saturated carbocycles. The van der Waals surface area contributed by atoms with E-state index in [1.54, 1.807) is 27.0 Å². The fourth-order valence-electron chi connectivity index (χ4n) is 3.62. The molecule has 1 unspecified atom stereocenters. The Hall–Kier alpha value is -3.46. The summed E-state index contributed by atoms with van der Waals surface area (Å²) in [7, 11) is 1.64. The molecular formula is C23H25N5O3S. The number of H-pyrrole nitrogens is 2. The number of rotatable bonds is 7. The molecule has 1 aromatic carbocycles. The zero-order chi connectivity index (χ0) is 22.8. The van der Waals surface area contributed by atoms with Gasteiger partial charge in [0, 0.05) is 36.5 Å². The summed E-state index contributed by atoms with van der Waals surface area (Å²) in [5.74, 6) is -0.296. The molecule has 3 N–H and O–H groups in total. The first-order chi connectivity index (χ1) is 15.3. The molecule has 0 aliphatic heterocycles. The molecule has 9 heteroatoms. The lowest BCUT2D eigenvalue weighted by Crippen LogP contribution is -2.49. The van der Waals surface area contributed by atoms with Gasteiger partial charge in [0.05, 0.1) is 12.1 Å². The summed E-state index contributed by atoms with van der Waals surface area (Å²) in [6.07, 6.45) is 2.22. The van der Waals surface area contributed by atoms with E-state index >= 15 is 0 Å². The quantitative estimate of drug-likeness (QED) is 0.401. The van der Waals surface area contributed by atoms with Crippen LogP contribution in [0.4, 0.5) is 0 Å². The molecule has 4 rings (SSSR count). The predicted octanol–water partition coefficient (Wildman–Crippen LogP) is 2.81. The van der Waals surface area contributed by atoms with Gasteiger partial charge in [0.1, 0.15) is 16.6 Å². The summed E-state index contributed by atoms with van der Waals surface area (Å²) in [5, 5.41) is 5.71. The van der Waals surface area contributed by atoms with E-state index in [4.69, 9.17) is 0 Å². The van der Waals surface area contributed by atoms with Crippen LogP contribution in [-0.4, -0.2) is 44.8 Å². The van der Waals surface area contributed by atoms with Crippen LogP contribution in [-0.2, 0) is 22.6 Å². The fraction of sp³-hybridized carbons (Fsp3) is 0.304. The third kappa shape index (κ3) is 4.43. The number of likely N-dealkylation sites (N-methyl/N-ethyl adjacent to an activating group) is 1. The minimum absolute atomic E-state index is 0.127. The Balaban J connectivity index is 1.58. The number of carbonyl (C=O) groups excluding carboxylic acids is 2. The summed E-state index contributed by atoms with van der Waals surface area (Å²) in [6, 6.07) is 8.88. The number of benzene rings is 1. The van der Waals surface area contributed by atoms with Crippen molar-refractivity contribution in [3.05, 3.63) is 63.7 Å². The lowest BCUT2D eigenvalue weighted by atomic mass is 10.0. The SMILES string of the molecule is CC(C)C(=O)NC(Cc1c[nH]c2ccccc12)C(=O)N(C)Cc1nc2ccsc2c(=O)[nH]1. The van der Waals surface area contributed by atoms with Crippen molar-refractivity contribution in [1.29, 1.82) is 0 Å². The van der Waals surface area contributed by atoms with Gasteiger partial charge in [0.15, 0.2) is 0 Å². The van der Waals surface area contributed by atoms with Crippen molar-refractivity contribution < 1.29 is 9.59 Å². The van der Waals surface area contributed by atoms with Crippen LogP contribution >= 0.6 is 11.3 Å². The van der Waals surface area contributed by atoms with Crippen molar-refractivity contribution in [3.63, 3.8) is 0 Å². The summed E-state index contributed by atoms with van der Waals surface area (Å²) in [4.78, 5) is 49.9. The maximum absolute atomic E-state index is 13.3. The van der Waals surface area contributed by atoms with Crippen molar-refractivity contribution in [2.75, 3.05) is 7.05 Å². The molecule has 0 aliphatic carbocycles. The van der Waals surface area contributed by atoms with Gasteiger partial charge >= 0.3 is 0 Å². The maximum atomic E-state index is 13.3. The first kappa shape index (κ1) is 21.8. The van der Waals surface area contributed by atoms with Gasteiger partial charge in [0.2, 0.25) is 11.8 Å². The molecule has 0 fully saturated rings. The summed E-state index contributed by atoms with van der Waals surface area (Å²) in [5.41, 5.74) is 2.31. The molecule has 1 atom stereocenters. The standard InChI is InChI=1S/C23H25N5O3S/c1-13(2)21(29)26-18(10-14-11-24-16-7-5-4-6-15(14)16)23(31)28(3)12-19-25-17-8-9-32-20(17)22(30)27-19/h4-9,11,13,18,24H,10,12H2,1-3H3,(H,26,29)(H,25,27,30). The number of nitrogens with one attached hydrogen (secondary N) is 3. The summed E-state index contributed by atoms with van der Waals surface area (Å²) >= 11 is 1.33. The number of hydrogen-bond acceptors (Lipinski definition) is 5. The maximum Gasteiger partial charge on any atom is 0.268 e. The average Bonchev–Trinajstić information content (AvgIpc) is 3.40. The van der Waals surface area contributed by atoms with Crippen LogP contribution in [0.5, 0.6) is 0 Å². The predicted molar refractivity (Wildman–Crippen MR) is 125 cm³/mol. The molecule has 32 heavy (non-hydrogen) atoms. The van der Waals surface area contributed by atoms with Crippen molar-refractivity contribution in [2.45, 2.75) is 32.9 Å². The van der Waals surface area contributed by atoms with E-state index in [0.717, 1.165) is 16.5 Å². The molecule has 4 aromatic rings. The van der Waals surface area contributed by atoms with Crippen LogP contribution in [0.15, 0.2) is 46.7 Å². The van der Waals surface area contributed by atoms with E-state index in [1.807, 2.05) is 35.8 Å². The minimum Gasteiger partial charge on any atom is -0.361 e. The fourth-order valence-corrected chi connectivity index (χ4v) is 4.35. The first-order valence-electron chi connectivity index (χ1n) is 10.4. The number of aromatic amines is 2. The monoisotopic (exact) mass is 451 g/mol. The highest BCUT2D eigenvalue weighted by atomic mass is 32.1. The molecule has 3 heterocycles. The van der Waals surface area contributed by atoms with Gasteiger partial charge in [-0.15, -0.1) is 11.3 Å². The number of amides is 2. The Bertz CT molecular complexity index is 1340. The number of para-hydroxylation sites is 1. The minimum atomic E-state index is -0.745. The average molecular weight is 452 g/mol. The number of aromatic nitrogens is 3. The topological polar surface area (TPSA) is 111 Å². The van der Waals surface area contributed by atoms with E-state index < -0.39 is 6.04 Å². The Morgan fingerprint density at radius 2 is 2.00 bits per heavy atom. The smallest absolute Gasteiger partial charge is 0.268 e. The van der Waals surface area contributed by atoms with E-state index in [1.165, 1.54) is 16.2 Å². The summed E-state index contributed by atoms with van der Waals surface area (Å²) < 4.78 is 0.559. The Kier molecular flexibility index (Phi) is 6.09. The summed E-state index contributed by atoms with van der Waals surface area (Å²) in [6.45, 7) is 3.70. The number of hydrogen-bond donors (Lipinski definition) is 3. The second-order valence-corrected chi connectivity index (χ2v) is 9.04. The van der Waals surface area contributed by atoms with Gasteiger partial charge in [-0.25, -0.2) is 4.98 Å². The normalized spacial score (nSPS) is 12.4. The highest BCUT2D eigenvalue weighted by molar-refractivity contribution is 7.17. The highest BCUT2D eigenvalue weighted by Gasteiger charge is 2.27. The molecule has 0 aliphatic rings. The number of nitrogens with zero attached hydrogens (tertiary/aromatic N) is 2. The van der Waals surface area contributed by atoms with Crippen LogP contribution in [0.3, 0.4) is 0 Å². The van der Waals surface area contributed by atoms with E-state index in [0.29, 0.717) is 22.5 Å². The zero-order valence-electron chi connectivity index (χ0n) is 18.1. The molecule has 3 aromatic heterocycles. The molecule has 166 valence electrons. The van der Waals surface area contributed by atoms with Crippen LogP contribution in [0.25, 0.3) is 21.1 Å². The van der Waals surface area contributed by atoms with E-state index in [2.05, 4.69) is 20.3 Å². The van der Waals surface area contributed by atoms with E-state index in [-0.39, 0.29) is 29.8 Å². The van der Waals surface area contributed by atoms with Crippen LogP contribution in [0, 0.1) is 5.92 Å². The van der Waals surface area contributed by atoms with Gasteiger partial charge in [-0.05, 0) is 23.1 Å². The third-order valence-corrected chi connectivity index (χ3v) is 6.27. The Morgan fingerprint density at radius 1 is 1.22 bits per heavy atom. The Labute approximate surface area is 188 Å². The van der Waals surface area contributed by atoms with Crippen molar-refractivity contribution >= 4 is 44.3 Å². The second kappa shape index (κ2) is 8.96. The largest absolute Gasteiger partial charge is 0.361 e. The van der Waals surface area contributed by atoms with Crippen LogP contribution in [0.2, 0.25) is 0 Å². The van der Waals surface area contributed by atoms with Gasteiger partial charge in [-0.3, -0.25) is 14.4 Å². The van der Waals surface area contributed by atoms with Gasteiger partial charge in [-0.1, -0.05) is 32.0 Å². The molecule has 0 bridgehead atoms. The zero-order valence-corrected chi connectivity index (χ0v) is 19.0. The highest BCUT2D eigenvalue weighted by Crippen LogP contribution is 2.20. The van der Waals surface area contributed by atoms with Crippen molar-refractivity contribution in [2.24, 2.45) is 5.92 Å². The Morgan fingerprint density at radius 3 is 2.78 bits per heavy atom. The van der Waals surface area contributed by atoms with E-state index in [9.17, 15) is 14.4 Å².